The molecule has 9 heavy (non-hydrogen) atoms. The van der Waals surface area contributed by atoms with Crippen LogP contribution < -0.4 is 0 Å². The molecule has 0 amide bonds. The van der Waals surface area contributed by atoms with Crippen molar-refractivity contribution in [2.24, 2.45) is 0 Å². The molecule has 3 heteroatoms. The van der Waals surface area contributed by atoms with Gasteiger partial charge in [-0.25, -0.2) is 0 Å². The zero-order chi connectivity index (χ0) is 5.54. The predicted molar refractivity (Wildman–Crippen MR) is 56.6 cm³/mol. The predicted octanol–water partition coefficient (Wildman–Crippen LogP) is 3.50. The summed E-state index contributed by atoms with van der Waals surface area (Å²) in [5.41, 5.74) is 0. The molecule has 0 fully saturated rings. The summed E-state index contributed by atoms with van der Waals surface area (Å²) < 4.78 is 3.19. The van der Waals surface area contributed by atoms with Gasteiger partial charge < -0.3 is 0 Å². The number of halogens is 2. The Morgan fingerprint density at radius 2 is 1.22 bits per heavy atom. The van der Waals surface area contributed by atoms with Crippen LogP contribution in [-0.4, -0.2) is 21.1 Å². The molecule has 0 spiro atoms. The van der Waals surface area contributed by atoms with Crippen molar-refractivity contribution in [2.75, 3.05) is 0 Å². The Bertz CT molecular complexity index is 30.2. The van der Waals surface area contributed by atoms with Crippen LogP contribution in [0.2, 0.25) is 8.87 Å². The second kappa shape index (κ2) is 16.4. The van der Waals surface area contributed by atoms with Gasteiger partial charge in [0.25, 0.3) is 0 Å². The standard InChI is InChI=1S/2C3H7.2BrH.Sn/c2*1-3-2;;;/h2*1,3H2,2H3;2*1H;. The molecule has 2 radical (unpaired) electrons. The van der Waals surface area contributed by atoms with E-state index in [1.165, 1.54) is 12.8 Å². The molecule has 0 heterocycles. The van der Waals surface area contributed by atoms with Gasteiger partial charge in [-0.2, -0.15) is 0 Å². The van der Waals surface area contributed by atoms with Crippen molar-refractivity contribution in [3.05, 3.63) is 0 Å². The molecular formula is C6H16Br2Sn. The summed E-state index contributed by atoms with van der Waals surface area (Å²) in [5, 5.41) is 0. The molecule has 0 aromatic heterocycles. The Morgan fingerprint density at radius 3 is 1.44 bits per heavy atom. The van der Waals surface area contributed by atoms with Gasteiger partial charge in [0.1, 0.15) is 0 Å². The van der Waals surface area contributed by atoms with E-state index in [2.05, 4.69) is 13.8 Å². The van der Waals surface area contributed by atoms with Crippen LogP contribution in [0.25, 0.3) is 0 Å². The fourth-order valence-corrected chi connectivity index (χ4v) is 3.21. The van der Waals surface area contributed by atoms with E-state index in [1.807, 2.05) is 0 Å². The minimum absolute atomic E-state index is 0. The van der Waals surface area contributed by atoms with E-state index < -0.39 is 0 Å². The summed E-state index contributed by atoms with van der Waals surface area (Å²) in [6.45, 7) is 4.58. The van der Waals surface area contributed by atoms with Gasteiger partial charge in [-0.3, -0.25) is 0 Å². The van der Waals surface area contributed by atoms with Crippen molar-refractivity contribution in [3.63, 3.8) is 0 Å². The van der Waals surface area contributed by atoms with Gasteiger partial charge >= 0.3 is 56.7 Å². The van der Waals surface area contributed by atoms with Gasteiger partial charge in [-0.05, 0) is 0 Å². The third kappa shape index (κ3) is 17.7. The van der Waals surface area contributed by atoms with E-state index in [4.69, 9.17) is 0 Å². The van der Waals surface area contributed by atoms with Crippen molar-refractivity contribution in [1.82, 2.24) is 0 Å². The second-order valence-corrected chi connectivity index (χ2v) is 6.03. The molecule has 0 aliphatic carbocycles. The SMILES string of the molecule is Br.Br.CC[CH2][Sn][CH2]CC. The first-order valence-electron chi connectivity index (χ1n) is 3.12. The first kappa shape index (κ1) is 17.0. The van der Waals surface area contributed by atoms with Crippen LogP contribution in [0.15, 0.2) is 0 Å². The average Bonchev–Trinajstić information content (AvgIpc) is 1.69. The monoisotopic (exact) mass is 366 g/mol. The van der Waals surface area contributed by atoms with Crippen LogP contribution in [0.1, 0.15) is 26.7 Å². The first-order chi connectivity index (χ1) is 3.41. The van der Waals surface area contributed by atoms with E-state index in [1.54, 1.807) is 8.87 Å². The average molecular weight is 367 g/mol. The number of hydrogen-bond donors (Lipinski definition) is 0. The van der Waals surface area contributed by atoms with Crippen LogP contribution in [0.5, 0.6) is 0 Å². The van der Waals surface area contributed by atoms with Gasteiger partial charge in [0, 0.05) is 0 Å². The van der Waals surface area contributed by atoms with E-state index in [0.717, 1.165) is 0 Å². The van der Waals surface area contributed by atoms with E-state index in [0.29, 0.717) is 0 Å². The molecule has 0 aliphatic heterocycles. The summed E-state index contributed by atoms with van der Waals surface area (Å²) in [4.78, 5) is 0. The maximum atomic E-state index is 2.29. The molecule has 0 N–H and O–H groups in total. The minimum atomic E-state index is 0. The summed E-state index contributed by atoms with van der Waals surface area (Å²) in [5.74, 6) is 0. The Morgan fingerprint density at radius 1 is 0.889 bits per heavy atom. The zero-order valence-corrected chi connectivity index (χ0v) is 12.4. The van der Waals surface area contributed by atoms with Crippen molar-refractivity contribution >= 4 is 55.1 Å². The van der Waals surface area contributed by atoms with Gasteiger partial charge in [-0.1, -0.05) is 0 Å². The first-order valence-corrected chi connectivity index (χ1v) is 7.16. The molecule has 0 nitrogen and oxygen atoms in total. The van der Waals surface area contributed by atoms with E-state index >= 15 is 0 Å². The summed E-state index contributed by atoms with van der Waals surface area (Å²) in [6, 6.07) is 0. The molecule has 0 bridgehead atoms. The Balaban J connectivity index is -0.000000180. The summed E-state index contributed by atoms with van der Waals surface area (Å²) in [6.07, 6.45) is 2.87. The third-order valence-electron chi connectivity index (χ3n) is 0.854. The van der Waals surface area contributed by atoms with Crippen molar-refractivity contribution in [2.45, 2.75) is 35.6 Å². The fraction of sp³-hybridized carbons (Fsp3) is 1.00. The van der Waals surface area contributed by atoms with Crippen molar-refractivity contribution in [3.8, 4) is 0 Å². The molecule has 0 aromatic carbocycles. The van der Waals surface area contributed by atoms with E-state index in [-0.39, 0.29) is 55.1 Å². The molecule has 58 valence electrons. The fourth-order valence-electron chi connectivity index (χ4n) is 0.479. The van der Waals surface area contributed by atoms with E-state index in [9.17, 15) is 0 Å². The van der Waals surface area contributed by atoms with Crippen molar-refractivity contribution in [1.29, 1.82) is 0 Å². The van der Waals surface area contributed by atoms with Crippen LogP contribution in [0, 0.1) is 0 Å². The molecule has 0 rings (SSSR count). The van der Waals surface area contributed by atoms with Crippen LogP contribution in [-0.2, 0) is 0 Å². The summed E-state index contributed by atoms with van der Waals surface area (Å²) >= 11 is 0.181. The topological polar surface area (TPSA) is 0 Å². The molecular weight excluding hydrogens is 351 g/mol. The molecule has 0 unspecified atom stereocenters. The van der Waals surface area contributed by atoms with Gasteiger partial charge in [0.15, 0.2) is 0 Å². The summed E-state index contributed by atoms with van der Waals surface area (Å²) in [7, 11) is 0. The van der Waals surface area contributed by atoms with Crippen LogP contribution in [0.4, 0.5) is 0 Å². The molecule has 0 saturated carbocycles. The quantitative estimate of drug-likeness (QED) is 0.528. The molecule has 0 atom stereocenters. The van der Waals surface area contributed by atoms with Crippen LogP contribution >= 0.6 is 34.0 Å². The molecule has 0 aliphatic rings. The second-order valence-electron chi connectivity index (χ2n) is 1.75. The maximum absolute atomic E-state index is 2.29. The van der Waals surface area contributed by atoms with Crippen molar-refractivity contribution < 1.29 is 0 Å². The van der Waals surface area contributed by atoms with Gasteiger partial charge in [0.05, 0.1) is 0 Å². The number of rotatable bonds is 4. The number of hydrogen-bond acceptors (Lipinski definition) is 0. The normalized spacial score (nSPS) is 7.33. The zero-order valence-electron chi connectivity index (χ0n) is 6.14. The van der Waals surface area contributed by atoms with Gasteiger partial charge in [0.2, 0.25) is 0 Å². The molecule has 0 saturated heterocycles. The Kier molecular flexibility index (Phi) is 31.0. The molecule has 0 aromatic rings. The van der Waals surface area contributed by atoms with Crippen LogP contribution in [0.3, 0.4) is 0 Å². The third-order valence-corrected chi connectivity index (χ3v) is 5.73. The Hall–Kier alpha value is 1.76. The van der Waals surface area contributed by atoms with Gasteiger partial charge in [-0.15, -0.1) is 34.0 Å². The Labute approximate surface area is 89.9 Å².